The first-order valence-electron chi connectivity index (χ1n) is 13.9. The Hall–Kier alpha value is -3.51. The Labute approximate surface area is 261 Å². The van der Waals surface area contributed by atoms with Crippen LogP contribution in [0.4, 0.5) is 14.5 Å². The van der Waals surface area contributed by atoms with E-state index in [0.29, 0.717) is 17.7 Å². The average Bonchev–Trinajstić information content (AvgIpc) is 3.22. The van der Waals surface area contributed by atoms with Gasteiger partial charge in [-0.3, -0.25) is 14.5 Å². The molecule has 4 atom stereocenters. The fourth-order valence-corrected chi connectivity index (χ4v) is 6.26. The summed E-state index contributed by atoms with van der Waals surface area (Å²) in [7, 11) is 3.59. The van der Waals surface area contributed by atoms with Crippen molar-refractivity contribution in [1.82, 2.24) is 9.80 Å². The van der Waals surface area contributed by atoms with Crippen LogP contribution in [0.3, 0.4) is 0 Å². The van der Waals surface area contributed by atoms with Crippen LogP contribution in [0.25, 0.3) is 0 Å². The molecule has 0 aliphatic carbocycles. The summed E-state index contributed by atoms with van der Waals surface area (Å²) in [5.41, 5.74) is 0.867. The molecule has 3 aromatic rings. The van der Waals surface area contributed by atoms with Crippen molar-refractivity contribution in [3.8, 4) is 6.19 Å². The maximum Gasteiger partial charge on any atom is 0.248 e. The normalized spacial score (nSPS) is 20.3. The zero-order valence-electron chi connectivity index (χ0n) is 24.7. The van der Waals surface area contributed by atoms with Crippen LogP contribution in [0.15, 0.2) is 60.7 Å². The number of hydrogen-bond donors (Lipinski definition) is 1. The first-order chi connectivity index (χ1) is 20.2. The van der Waals surface area contributed by atoms with Gasteiger partial charge < -0.3 is 10.2 Å². The number of likely N-dealkylation sites (N-methyl/N-ethyl adjacent to an activating group) is 1. The van der Waals surface area contributed by atoms with Crippen molar-refractivity contribution in [2.45, 2.75) is 51.1 Å². The highest BCUT2D eigenvalue weighted by atomic mass is 35.5. The van der Waals surface area contributed by atoms with Gasteiger partial charge in [0.05, 0.1) is 11.6 Å². The average molecular weight is 628 g/mol. The van der Waals surface area contributed by atoms with Gasteiger partial charge in [0, 0.05) is 34.2 Å². The van der Waals surface area contributed by atoms with E-state index in [0.717, 1.165) is 0 Å². The number of nitriles is 1. The fourth-order valence-electron chi connectivity index (χ4n) is 5.91. The molecule has 43 heavy (non-hydrogen) atoms. The number of carbonyl (C=O) groups is 2. The van der Waals surface area contributed by atoms with Crippen molar-refractivity contribution in [3.05, 3.63) is 99.0 Å². The van der Waals surface area contributed by atoms with Gasteiger partial charge in [-0.1, -0.05) is 62.2 Å². The Morgan fingerprint density at radius 2 is 1.67 bits per heavy atom. The molecule has 226 valence electrons. The number of halogens is 4. The van der Waals surface area contributed by atoms with Gasteiger partial charge in [0.25, 0.3) is 0 Å². The maximum atomic E-state index is 15.8. The van der Waals surface area contributed by atoms with Crippen LogP contribution < -0.4 is 5.32 Å². The minimum atomic E-state index is -1.21. The summed E-state index contributed by atoms with van der Waals surface area (Å²) >= 11 is 12.3. The van der Waals surface area contributed by atoms with Gasteiger partial charge in [0.2, 0.25) is 5.91 Å². The monoisotopic (exact) mass is 626 g/mol. The lowest BCUT2D eigenvalue weighted by molar-refractivity contribution is -0.120. The molecule has 10 heteroatoms. The van der Waals surface area contributed by atoms with Crippen molar-refractivity contribution in [1.29, 1.82) is 5.26 Å². The van der Waals surface area contributed by atoms with E-state index < -0.39 is 41.5 Å². The Morgan fingerprint density at radius 1 is 1.00 bits per heavy atom. The summed E-state index contributed by atoms with van der Waals surface area (Å²) in [5, 5.41) is 13.4. The maximum absolute atomic E-state index is 15.8. The molecule has 1 amide bonds. The zero-order valence-corrected chi connectivity index (χ0v) is 26.2. The molecule has 1 N–H and O–H groups in total. The molecule has 0 spiro atoms. The molecule has 1 saturated heterocycles. The molecule has 0 saturated carbocycles. The van der Waals surface area contributed by atoms with Crippen molar-refractivity contribution in [3.63, 3.8) is 0 Å². The number of rotatable bonds is 8. The molecule has 1 aliphatic rings. The second-order valence-electron chi connectivity index (χ2n) is 12.4. The minimum Gasteiger partial charge on any atom is -0.324 e. The van der Waals surface area contributed by atoms with Crippen molar-refractivity contribution < 1.29 is 18.4 Å². The molecule has 0 aromatic heterocycles. The molecular formula is C33H34Cl2F2N4O2. The van der Waals surface area contributed by atoms with E-state index in [2.05, 4.69) is 11.5 Å². The summed E-state index contributed by atoms with van der Waals surface area (Å²) in [5.74, 6) is -3.78. The van der Waals surface area contributed by atoms with E-state index in [-0.39, 0.29) is 38.9 Å². The third-order valence-electron chi connectivity index (χ3n) is 7.60. The number of anilines is 1. The highest BCUT2D eigenvalue weighted by Gasteiger charge is 2.55. The second-order valence-corrected chi connectivity index (χ2v) is 13.2. The second kappa shape index (κ2) is 13.0. The molecule has 3 aromatic carbocycles. The number of ketones is 1. The van der Waals surface area contributed by atoms with Gasteiger partial charge in [0.15, 0.2) is 12.0 Å². The minimum absolute atomic E-state index is 0.0799. The Bertz CT molecular complexity index is 1550. The third kappa shape index (κ3) is 7.18. The Balaban J connectivity index is 1.84. The number of Topliss-reactive ketones (excluding diaryl/α,β-unsaturated/α-hetero) is 1. The quantitative estimate of drug-likeness (QED) is 0.207. The van der Waals surface area contributed by atoms with Crippen LogP contribution in [0.1, 0.15) is 60.5 Å². The van der Waals surface area contributed by atoms with E-state index in [4.69, 9.17) is 23.2 Å². The van der Waals surface area contributed by atoms with Gasteiger partial charge >= 0.3 is 0 Å². The van der Waals surface area contributed by atoms with Crippen LogP contribution >= 0.6 is 23.2 Å². The van der Waals surface area contributed by atoms with Crippen molar-refractivity contribution in [2.24, 2.45) is 5.41 Å². The molecule has 0 unspecified atom stereocenters. The van der Waals surface area contributed by atoms with Crippen LogP contribution in [0.5, 0.6) is 0 Å². The van der Waals surface area contributed by atoms with Gasteiger partial charge in [-0.25, -0.2) is 8.78 Å². The standard InChI is InChI=1S/C33H34Cl2F2N4O2/c1-33(2,3)16-26-28(22-14-11-20(34)15-25(22)36)29(23-7-6-8-24(35)30(23)37)31(41(26)18-38)32(43)39-21-12-9-19(10-13-21)27(42)17-40(4)5/h6-15,26,28-29,31H,16-17H2,1-5H3,(H,39,43)/t26-,28+,29+,31+/m0/s1. The van der Waals surface area contributed by atoms with Gasteiger partial charge in [-0.05, 0) is 79.5 Å². The highest BCUT2D eigenvalue weighted by molar-refractivity contribution is 6.31. The van der Waals surface area contributed by atoms with Crippen LogP contribution in [-0.4, -0.2) is 54.2 Å². The number of hydrogen-bond acceptors (Lipinski definition) is 5. The lowest BCUT2D eigenvalue weighted by atomic mass is 9.73. The van der Waals surface area contributed by atoms with Gasteiger partial charge in [-0.2, -0.15) is 5.26 Å². The van der Waals surface area contributed by atoms with Crippen molar-refractivity contribution in [2.75, 3.05) is 26.0 Å². The van der Waals surface area contributed by atoms with E-state index in [1.165, 1.54) is 29.2 Å². The summed E-state index contributed by atoms with van der Waals surface area (Å²) in [6, 6.07) is 13.3. The summed E-state index contributed by atoms with van der Waals surface area (Å²) in [6.45, 7) is 6.19. The summed E-state index contributed by atoms with van der Waals surface area (Å²) < 4.78 is 31.4. The smallest absolute Gasteiger partial charge is 0.248 e. The zero-order chi connectivity index (χ0) is 31.6. The summed E-state index contributed by atoms with van der Waals surface area (Å²) in [6.07, 6.45) is 2.58. The topological polar surface area (TPSA) is 76.4 Å². The third-order valence-corrected chi connectivity index (χ3v) is 8.13. The van der Waals surface area contributed by atoms with Crippen LogP contribution in [0, 0.1) is 28.5 Å². The van der Waals surface area contributed by atoms with E-state index in [1.54, 1.807) is 55.4 Å². The fraction of sp³-hybridized carbons (Fsp3) is 0.364. The molecule has 4 rings (SSSR count). The SMILES string of the molecule is CN(C)CC(=O)c1ccc(NC(=O)[C@H]2[C@H](c3cccc(Cl)c3F)[C@H](c3ccc(Cl)cc3F)[C@H](CC(C)(C)C)N2C#N)cc1. The Morgan fingerprint density at radius 3 is 2.26 bits per heavy atom. The first-order valence-corrected chi connectivity index (χ1v) is 14.6. The molecule has 0 radical (unpaired) electrons. The molecule has 1 fully saturated rings. The van der Waals surface area contributed by atoms with E-state index in [1.807, 2.05) is 20.8 Å². The first kappa shape index (κ1) is 32.4. The number of likely N-dealkylation sites (tertiary alicyclic amines) is 1. The van der Waals surface area contributed by atoms with Crippen molar-refractivity contribution >= 4 is 40.6 Å². The Kier molecular flexibility index (Phi) is 9.80. The summed E-state index contributed by atoms with van der Waals surface area (Å²) in [4.78, 5) is 29.7. The number of benzene rings is 3. The van der Waals surface area contributed by atoms with Crippen LogP contribution in [0.2, 0.25) is 10.0 Å². The number of amides is 1. The molecule has 0 bridgehead atoms. The van der Waals surface area contributed by atoms with E-state index in [9.17, 15) is 14.9 Å². The number of nitrogens with one attached hydrogen (secondary N) is 1. The molecular weight excluding hydrogens is 593 g/mol. The molecule has 1 aliphatic heterocycles. The van der Waals surface area contributed by atoms with Gasteiger partial charge in [-0.15, -0.1) is 0 Å². The highest BCUT2D eigenvalue weighted by Crippen LogP contribution is 2.52. The predicted molar refractivity (Wildman–Crippen MR) is 165 cm³/mol. The molecule has 1 heterocycles. The number of carbonyl (C=O) groups excluding carboxylic acids is 2. The lowest BCUT2D eigenvalue weighted by Gasteiger charge is -2.32. The lowest BCUT2D eigenvalue weighted by Crippen LogP contribution is -2.43. The molecule has 6 nitrogen and oxygen atoms in total. The number of nitrogens with zero attached hydrogens (tertiary/aromatic N) is 3. The predicted octanol–water partition coefficient (Wildman–Crippen LogP) is 7.49. The largest absolute Gasteiger partial charge is 0.324 e. The van der Waals surface area contributed by atoms with E-state index >= 15 is 8.78 Å². The van der Waals surface area contributed by atoms with Crippen LogP contribution in [-0.2, 0) is 4.79 Å². The van der Waals surface area contributed by atoms with Gasteiger partial charge in [0.1, 0.15) is 17.7 Å².